The van der Waals surface area contributed by atoms with Crippen molar-refractivity contribution in [3.05, 3.63) is 0 Å². The van der Waals surface area contributed by atoms with Crippen molar-refractivity contribution in [3.8, 4) is 0 Å². The van der Waals surface area contributed by atoms with E-state index in [1.807, 2.05) is 0 Å². The van der Waals surface area contributed by atoms with Crippen LogP contribution in [0.1, 0.15) is 59.3 Å². The summed E-state index contributed by atoms with van der Waals surface area (Å²) in [6, 6.07) is 0. The summed E-state index contributed by atoms with van der Waals surface area (Å²) >= 11 is 5.96. The third-order valence-corrected chi connectivity index (χ3v) is 3.43. The number of carboxylic acids is 1. The summed E-state index contributed by atoms with van der Waals surface area (Å²) in [7, 11) is 0. The Morgan fingerprint density at radius 1 is 1.19 bits per heavy atom. The van der Waals surface area contributed by atoms with Crippen LogP contribution >= 0.6 is 11.8 Å². The van der Waals surface area contributed by atoms with Gasteiger partial charge in [0, 0.05) is 6.54 Å². The molecular formula is C12H24ClNO2. The molecule has 0 aromatic rings. The van der Waals surface area contributed by atoms with Crippen molar-refractivity contribution in [2.24, 2.45) is 0 Å². The molecule has 0 bridgehead atoms. The minimum Gasteiger partial charge on any atom is -0.480 e. The van der Waals surface area contributed by atoms with E-state index < -0.39 is 11.5 Å². The van der Waals surface area contributed by atoms with E-state index in [9.17, 15) is 4.79 Å². The van der Waals surface area contributed by atoms with Gasteiger partial charge in [0.05, 0.1) is 0 Å². The number of aliphatic carboxylic acids is 1. The maximum Gasteiger partial charge on any atom is 0.324 e. The molecule has 0 rings (SSSR count). The molecule has 4 heteroatoms. The SMILES string of the molecule is CCCCCCCCN(Cl)C(C)(C)C(=O)O. The normalized spacial score (nSPS) is 12.1. The van der Waals surface area contributed by atoms with Gasteiger partial charge in [0.15, 0.2) is 0 Å². The van der Waals surface area contributed by atoms with Crippen molar-refractivity contribution < 1.29 is 9.90 Å². The molecule has 0 atom stereocenters. The van der Waals surface area contributed by atoms with Gasteiger partial charge in [-0.05, 0) is 32.0 Å². The summed E-state index contributed by atoms with van der Waals surface area (Å²) in [5.41, 5.74) is -0.981. The molecule has 0 fully saturated rings. The largest absolute Gasteiger partial charge is 0.480 e. The Bertz CT molecular complexity index is 207. The fourth-order valence-corrected chi connectivity index (χ4v) is 1.61. The average Bonchev–Trinajstić information content (AvgIpc) is 2.22. The van der Waals surface area contributed by atoms with Crippen LogP contribution in [-0.4, -0.2) is 27.6 Å². The van der Waals surface area contributed by atoms with E-state index in [2.05, 4.69) is 6.92 Å². The molecular weight excluding hydrogens is 226 g/mol. The zero-order valence-corrected chi connectivity index (χ0v) is 11.4. The molecule has 0 aliphatic rings. The highest BCUT2D eigenvalue weighted by atomic mass is 35.5. The molecule has 0 saturated heterocycles. The fourth-order valence-electron chi connectivity index (χ4n) is 1.41. The second-order valence-corrected chi connectivity index (χ2v) is 5.13. The van der Waals surface area contributed by atoms with E-state index >= 15 is 0 Å². The Balaban J connectivity index is 3.65. The van der Waals surface area contributed by atoms with Crippen LogP contribution in [-0.2, 0) is 4.79 Å². The van der Waals surface area contributed by atoms with E-state index in [0.29, 0.717) is 6.54 Å². The average molecular weight is 250 g/mol. The van der Waals surface area contributed by atoms with Crippen molar-refractivity contribution in [2.45, 2.75) is 64.8 Å². The molecule has 0 spiro atoms. The summed E-state index contributed by atoms with van der Waals surface area (Å²) in [5.74, 6) is -0.881. The number of hydrogen-bond donors (Lipinski definition) is 1. The van der Waals surface area contributed by atoms with Crippen LogP contribution in [0.15, 0.2) is 0 Å². The first kappa shape index (κ1) is 15.7. The Kier molecular flexibility index (Phi) is 7.77. The Labute approximate surface area is 104 Å². The minimum absolute atomic E-state index is 0.632. The summed E-state index contributed by atoms with van der Waals surface area (Å²) in [5, 5.41) is 8.96. The number of carbonyl (C=O) groups is 1. The maximum absolute atomic E-state index is 10.9. The second-order valence-electron chi connectivity index (χ2n) is 4.72. The van der Waals surface area contributed by atoms with Gasteiger partial charge < -0.3 is 5.11 Å². The summed E-state index contributed by atoms with van der Waals surface area (Å²) in [4.78, 5) is 10.9. The molecule has 1 N–H and O–H groups in total. The van der Waals surface area contributed by atoms with Gasteiger partial charge in [0.2, 0.25) is 0 Å². The number of halogens is 1. The lowest BCUT2D eigenvalue weighted by atomic mass is 10.1. The first-order chi connectivity index (χ1) is 7.42. The number of nitrogens with zero attached hydrogens (tertiary/aromatic N) is 1. The van der Waals surface area contributed by atoms with Gasteiger partial charge in [0.1, 0.15) is 5.54 Å². The van der Waals surface area contributed by atoms with Gasteiger partial charge >= 0.3 is 5.97 Å². The molecule has 0 aromatic carbocycles. The molecule has 0 aliphatic heterocycles. The van der Waals surface area contributed by atoms with Crippen LogP contribution in [0.2, 0.25) is 0 Å². The molecule has 0 unspecified atom stereocenters. The first-order valence-electron chi connectivity index (χ1n) is 6.09. The highest BCUT2D eigenvalue weighted by Crippen LogP contribution is 2.18. The highest BCUT2D eigenvalue weighted by molar-refractivity contribution is 6.15. The predicted molar refractivity (Wildman–Crippen MR) is 67.6 cm³/mol. The van der Waals surface area contributed by atoms with Crippen LogP contribution < -0.4 is 0 Å². The number of rotatable bonds is 9. The van der Waals surface area contributed by atoms with Crippen molar-refractivity contribution in [3.63, 3.8) is 0 Å². The van der Waals surface area contributed by atoms with Crippen molar-refractivity contribution in [1.82, 2.24) is 4.42 Å². The van der Waals surface area contributed by atoms with Crippen LogP contribution in [0.3, 0.4) is 0 Å². The molecule has 0 aliphatic carbocycles. The van der Waals surface area contributed by atoms with E-state index in [0.717, 1.165) is 12.8 Å². The van der Waals surface area contributed by atoms with Crippen LogP contribution in [0.25, 0.3) is 0 Å². The van der Waals surface area contributed by atoms with E-state index in [1.165, 1.54) is 30.1 Å². The van der Waals surface area contributed by atoms with Gasteiger partial charge in [-0.25, -0.2) is 4.42 Å². The molecule has 0 aromatic heterocycles. The Morgan fingerprint density at radius 2 is 1.69 bits per heavy atom. The lowest BCUT2D eigenvalue weighted by molar-refractivity contribution is -0.146. The van der Waals surface area contributed by atoms with Gasteiger partial charge in [-0.15, -0.1) is 0 Å². The standard InChI is InChI=1S/C12H24ClNO2/c1-4-5-6-7-8-9-10-14(13)12(2,3)11(15)16/h4-10H2,1-3H3,(H,15,16). The lowest BCUT2D eigenvalue weighted by Gasteiger charge is -2.28. The summed E-state index contributed by atoms with van der Waals surface area (Å²) in [6.45, 7) is 6.07. The van der Waals surface area contributed by atoms with E-state index in [1.54, 1.807) is 13.8 Å². The zero-order valence-electron chi connectivity index (χ0n) is 10.6. The second kappa shape index (κ2) is 7.91. The van der Waals surface area contributed by atoms with Gasteiger partial charge in [-0.2, -0.15) is 0 Å². The quantitative estimate of drug-likeness (QED) is 0.501. The third-order valence-electron chi connectivity index (χ3n) is 2.84. The topological polar surface area (TPSA) is 40.5 Å². The molecule has 0 saturated carbocycles. The van der Waals surface area contributed by atoms with Gasteiger partial charge in [-0.3, -0.25) is 4.79 Å². The third kappa shape index (κ3) is 5.71. The van der Waals surface area contributed by atoms with Gasteiger partial charge in [0.25, 0.3) is 0 Å². The number of unbranched alkanes of at least 4 members (excludes halogenated alkanes) is 5. The highest BCUT2D eigenvalue weighted by Gasteiger charge is 2.33. The van der Waals surface area contributed by atoms with E-state index in [-0.39, 0.29) is 0 Å². The molecule has 3 nitrogen and oxygen atoms in total. The van der Waals surface area contributed by atoms with Crippen molar-refractivity contribution in [1.29, 1.82) is 0 Å². The molecule has 0 radical (unpaired) electrons. The smallest absolute Gasteiger partial charge is 0.324 e. The number of hydrogen-bond acceptors (Lipinski definition) is 2. The zero-order chi connectivity index (χ0) is 12.6. The Morgan fingerprint density at radius 3 is 2.19 bits per heavy atom. The van der Waals surface area contributed by atoms with Crippen LogP contribution in [0, 0.1) is 0 Å². The van der Waals surface area contributed by atoms with Crippen molar-refractivity contribution >= 4 is 17.7 Å². The molecule has 16 heavy (non-hydrogen) atoms. The summed E-state index contributed by atoms with van der Waals surface area (Å²) in [6.07, 6.45) is 7.09. The fraction of sp³-hybridized carbons (Fsp3) is 0.917. The molecule has 0 amide bonds. The first-order valence-corrected chi connectivity index (χ1v) is 6.43. The Hall–Kier alpha value is -0.280. The molecule has 96 valence electrons. The minimum atomic E-state index is -0.981. The van der Waals surface area contributed by atoms with E-state index in [4.69, 9.17) is 16.9 Å². The maximum atomic E-state index is 10.9. The van der Waals surface area contributed by atoms with Crippen LogP contribution in [0.4, 0.5) is 0 Å². The van der Waals surface area contributed by atoms with Gasteiger partial charge in [-0.1, -0.05) is 39.0 Å². The van der Waals surface area contributed by atoms with Crippen molar-refractivity contribution in [2.75, 3.05) is 6.54 Å². The predicted octanol–water partition coefficient (Wildman–Crippen LogP) is 3.67. The monoisotopic (exact) mass is 249 g/mol. The number of carboxylic acid groups (broad SMARTS) is 1. The van der Waals surface area contributed by atoms with Crippen LogP contribution in [0.5, 0.6) is 0 Å². The summed E-state index contributed by atoms with van der Waals surface area (Å²) < 4.78 is 1.40. The molecule has 0 heterocycles. The lowest BCUT2D eigenvalue weighted by Crippen LogP contribution is -2.45.